The molecule has 0 heterocycles. The highest BCUT2D eigenvalue weighted by atomic mass is 16.6. The van der Waals surface area contributed by atoms with Gasteiger partial charge in [-0.25, -0.2) is 9.59 Å². The smallest absolute Gasteiger partial charge is 0.408 e. The van der Waals surface area contributed by atoms with Gasteiger partial charge in [-0.2, -0.15) is 0 Å². The maximum Gasteiger partial charge on any atom is 0.408 e. The quantitative estimate of drug-likeness (QED) is 0.210. The molecule has 5 N–H and O–H groups in total. The zero-order valence-corrected chi connectivity index (χ0v) is 29.1. The second kappa shape index (κ2) is 17.8. The highest BCUT2D eigenvalue weighted by molar-refractivity contribution is 5.91. The van der Waals surface area contributed by atoms with Crippen LogP contribution in [0.4, 0.5) is 4.79 Å². The summed E-state index contributed by atoms with van der Waals surface area (Å²) in [5.74, 6) is -3.18. The van der Waals surface area contributed by atoms with E-state index in [9.17, 15) is 28.8 Å². The number of amides is 5. The topological polar surface area (TPSA) is 181 Å². The molecule has 266 valence electrons. The van der Waals surface area contributed by atoms with Gasteiger partial charge in [0.05, 0.1) is 11.8 Å². The molecule has 0 unspecified atom stereocenters. The molecule has 0 aliphatic heterocycles. The van der Waals surface area contributed by atoms with E-state index in [-0.39, 0.29) is 18.4 Å². The number of rotatable bonds is 12. The molecule has 1 aromatic rings. The molecule has 0 bridgehead atoms. The molecule has 3 rings (SSSR count). The fourth-order valence-corrected chi connectivity index (χ4v) is 6.02. The molecule has 0 spiro atoms. The molecule has 2 aliphatic carbocycles. The van der Waals surface area contributed by atoms with Gasteiger partial charge in [0.1, 0.15) is 30.3 Å². The van der Waals surface area contributed by atoms with E-state index in [0.717, 1.165) is 31.2 Å². The van der Waals surface area contributed by atoms with Gasteiger partial charge >= 0.3 is 12.1 Å². The largest absolute Gasteiger partial charge is 0.459 e. The van der Waals surface area contributed by atoms with Crippen molar-refractivity contribution in [3.05, 3.63) is 35.9 Å². The maximum atomic E-state index is 13.4. The highest BCUT2D eigenvalue weighted by Crippen LogP contribution is 2.26. The number of hydrogen-bond donors (Lipinski definition) is 5. The van der Waals surface area contributed by atoms with Gasteiger partial charge in [0, 0.05) is 12.1 Å². The summed E-state index contributed by atoms with van der Waals surface area (Å²) in [7, 11) is 0. The number of hydrogen-bond acceptors (Lipinski definition) is 8. The number of ether oxygens (including phenoxy) is 2. The Morgan fingerprint density at radius 3 is 1.65 bits per heavy atom. The molecule has 5 amide bonds. The first-order valence-corrected chi connectivity index (χ1v) is 17.1. The van der Waals surface area contributed by atoms with Crippen molar-refractivity contribution in [1.29, 1.82) is 0 Å². The van der Waals surface area contributed by atoms with Gasteiger partial charge in [-0.05, 0) is 72.8 Å². The third-order valence-electron chi connectivity index (χ3n) is 8.68. The van der Waals surface area contributed by atoms with Crippen LogP contribution in [0, 0.1) is 11.8 Å². The fraction of sp³-hybridized carbons (Fsp3) is 0.657. The zero-order chi connectivity index (χ0) is 35.4. The lowest BCUT2D eigenvalue weighted by Gasteiger charge is -2.34. The Labute approximate surface area is 283 Å². The van der Waals surface area contributed by atoms with Crippen molar-refractivity contribution in [1.82, 2.24) is 26.6 Å². The summed E-state index contributed by atoms with van der Waals surface area (Å²) < 4.78 is 10.6. The lowest BCUT2D eigenvalue weighted by Crippen LogP contribution is -2.57. The second-order valence-corrected chi connectivity index (χ2v) is 13.9. The van der Waals surface area contributed by atoms with E-state index in [1.165, 1.54) is 0 Å². The summed E-state index contributed by atoms with van der Waals surface area (Å²) in [5, 5.41) is 13.9. The zero-order valence-electron chi connectivity index (χ0n) is 29.1. The van der Waals surface area contributed by atoms with Gasteiger partial charge in [0.2, 0.25) is 23.6 Å². The number of esters is 1. The van der Waals surface area contributed by atoms with Gasteiger partial charge in [-0.3, -0.25) is 19.2 Å². The lowest BCUT2D eigenvalue weighted by molar-refractivity contribution is -0.149. The monoisotopic (exact) mass is 671 g/mol. The van der Waals surface area contributed by atoms with E-state index in [1.54, 1.807) is 41.5 Å². The van der Waals surface area contributed by atoms with Crippen LogP contribution in [-0.2, 0) is 40.1 Å². The van der Waals surface area contributed by atoms with Crippen LogP contribution >= 0.6 is 0 Å². The van der Waals surface area contributed by atoms with Crippen LogP contribution in [0.1, 0.15) is 98.5 Å². The normalized spacial score (nSPS) is 22.9. The molecular weight excluding hydrogens is 618 g/mol. The first-order chi connectivity index (χ1) is 22.6. The summed E-state index contributed by atoms with van der Waals surface area (Å²) in [4.78, 5) is 77.3. The van der Waals surface area contributed by atoms with E-state index < -0.39 is 71.5 Å². The molecule has 2 fully saturated rings. The maximum absolute atomic E-state index is 13.4. The molecule has 2 aliphatic rings. The molecule has 7 atom stereocenters. The minimum Gasteiger partial charge on any atom is -0.459 e. The number of benzene rings is 1. The van der Waals surface area contributed by atoms with Crippen molar-refractivity contribution < 1.29 is 38.2 Å². The molecule has 0 saturated heterocycles. The second-order valence-electron chi connectivity index (χ2n) is 13.9. The average Bonchev–Trinajstić information content (AvgIpc) is 3.03. The highest BCUT2D eigenvalue weighted by Gasteiger charge is 2.37. The predicted molar refractivity (Wildman–Crippen MR) is 178 cm³/mol. The fourth-order valence-electron chi connectivity index (χ4n) is 6.02. The predicted octanol–water partition coefficient (Wildman–Crippen LogP) is 3.00. The van der Waals surface area contributed by atoms with Gasteiger partial charge in [-0.1, -0.05) is 56.0 Å². The third-order valence-corrected chi connectivity index (χ3v) is 8.68. The number of carbonyl (C=O) groups excluding carboxylic acids is 6. The van der Waals surface area contributed by atoms with Gasteiger partial charge in [-0.15, -0.1) is 0 Å². The van der Waals surface area contributed by atoms with E-state index in [1.807, 2.05) is 30.3 Å². The molecule has 0 radical (unpaired) electrons. The Morgan fingerprint density at radius 2 is 1.15 bits per heavy atom. The van der Waals surface area contributed by atoms with Gasteiger partial charge in [0.25, 0.3) is 0 Å². The van der Waals surface area contributed by atoms with Crippen LogP contribution < -0.4 is 26.6 Å². The molecule has 1 aromatic carbocycles. The molecule has 0 aromatic heterocycles. The minimum absolute atomic E-state index is 0.101. The lowest BCUT2D eigenvalue weighted by atomic mass is 9.83. The average molecular weight is 672 g/mol. The van der Waals surface area contributed by atoms with Crippen LogP contribution in [0.15, 0.2) is 30.3 Å². The first kappa shape index (κ1) is 38.3. The van der Waals surface area contributed by atoms with Crippen molar-refractivity contribution in [2.75, 3.05) is 0 Å². The molecular formula is C35H53N5O8. The van der Waals surface area contributed by atoms with Gasteiger partial charge in [0.15, 0.2) is 0 Å². The van der Waals surface area contributed by atoms with Crippen molar-refractivity contribution in [2.45, 2.75) is 135 Å². The summed E-state index contributed by atoms with van der Waals surface area (Å²) in [6.45, 7) is 9.97. The Kier molecular flexibility index (Phi) is 14.2. The molecule has 2 saturated carbocycles. The van der Waals surface area contributed by atoms with Crippen molar-refractivity contribution >= 4 is 35.7 Å². The van der Waals surface area contributed by atoms with Gasteiger partial charge < -0.3 is 36.1 Å². The van der Waals surface area contributed by atoms with Crippen LogP contribution in [0.3, 0.4) is 0 Å². The van der Waals surface area contributed by atoms with Crippen LogP contribution in [0.25, 0.3) is 0 Å². The summed E-state index contributed by atoms with van der Waals surface area (Å²) in [6, 6.07) is 5.71. The third kappa shape index (κ3) is 12.1. The molecule has 13 heteroatoms. The first-order valence-electron chi connectivity index (χ1n) is 17.1. The SMILES string of the molecule is C[C@@H](NC(=O)OC(C)(C)C)C(=O)N[C@H]1CCCC[C@H]1C(=O)N[C@H](C)C(=O)N[C@H]1CCCC[C@H]1C(=O)N[C@H](C)C(=O)OCc1ccccc1. The number of alkyl carbamates (subject to hydrolysis) is 1. The number of nitrogens with one attached hydrogen (secondary N) is 5. The van der Waals surface area contributed by atoms with Crippen LogP contribution in [-0.4, -0.2) is 71.5 Å². The van der Waals surface area contributed by atoms with Crippen molar-refractivity contribution in [3.63, 3.8) is 0 Å². The van der Waals surface area contributed by atoms with Crippen molar-refractivity contribution in [2.24, 2.45) is 11.8 Å². The minimum atomic E-state index is -0.888. The summed E-state index contributed by atoms with van der Waals surface area (Å²) >= 11 is 0. The Bertz CT molecular complexity index is 1280. The number of carbonyl (C=O) groups is 6. The van der Waals surface area contributed by atoms with E-state index in [4.69, 9.17) is 9.47 Å². The van der Waals surface area contributed by atoms with E-state index >= 15 is 0 Å². The van der Waals surface area contributed by atoms with Crippen LogP contribution in [0.5, 0.6) is 0 Å². The summed E-state index contributed by atoms with van der Waals surface area (Å²) in [5.41, 5.74) is 0.128. The Morgan fingerprint density at radius 1 is 0.688 bits per heavy atom. The van der Waals surface area contributed by atoms with E-state index in [0.29, 0.717) is 25.7 Å². The Balaban J connectivity index is 1.51. The van der Waals surface area contributed by atoms with Crippen LogP contribution in [0.2, 0.25) is 0 Å². The standard InChI is InChI=1S/C35H53N5O8/c1-21(36-31(43)25-16-10-12-18-27(25)40-30(42)22(2)38-34(46)48-35(4,5)6)29(41)39-28-19-13-11-17-26(28)32(44)37-23(3)33(45)47-20-24-14-8-7-9-15-24/h7-9,14-15,21-23,25-28H,10-13,16-20H2,1-6H3,(H,36,43)(H,37,44)(H,38,46)(H,39,41)(H,40,42)/t21-,22-,23-,25-,26-,27+,28+/m1/s1. The molecule has 13 nitrogen and oxygen atoms in total. The Hall–Kier alpha value is -4.16. The van der Waals surface area contributed by atoms with E-state index in [2.05, 4.69) is 26.6 Å². The van der Waals surface area contributed by atoms with Crippen molar-refractivity contribution in [3.8, 4) is 0 Å². The summed E-state index contributed by atoms with van der Waals surface area (Å²) in [6.07, 6.45) is 4.81. The molecule has 48 heavy (non-hydrogen) atoms.